The van der Waals surface area contributed by atoms with Crippen molar-refractivity contribution in [2.24, 2.45) is 0 Å². The van der Waals surface area contributed by atoms with Gasteiger partial charge in [0.05, 0.1) is 12.0 Å². The minimum Gasteiger partial charge on any atom is -0.399 e. The van der Waals surface area contributed by atoms with Crippen LogP contribution in [0.5, 0.6) is 0 Å². The summed E-state index contributed by atoms with van der Waals surface area (Å²) in [6.07, 6.45) is 0.847. The average molecular weight is 174 g/mol. The number of aryl methyl sites for hydroxylation is 1. The quantitative estimate of drug-likeness (QED) is 0.700. The molecule has 0 bridgehead atoms. The molecule has 0 aromatic heterocycles. The van der Waals surface area contributed by atoms with Crippen molar-refractivity contribution in [3.05, 3.63) is 29.3 Å². The van der Waals surface area contributed by atoms with Crippen LogP contribution < -0.4 is 5.73 Å². The van der Waals surface area contributed by atoms with Gasteiger partial charge in [0, 0.05) is 5.69 Å². The molecule has 1 aromatic rings. The van der Waals surface area contributed by atoms with Gasteiger partial charge in [-0.1, -0.05) is 19.1 Å². The van der Waals surface area contributed by atoms with Crippen LogP contribution >= 0.6 is 0 Å². The van der Waals surface area contributed by atoms with Crippen LogP contribution in [-0.2, 0) is 0 Å². The number of benzene rings is 1. The lowest BCUT2D eigenvalue weighted by Crippen LogP contribution is -1.96. The van der Waals surface area contributed by atoms with E-state index >= 15 is 0 Å². The Morgan fingerprint density at radius 3 is 2.69 bits per heavy atom. The summed E-state index contributed by atoms with van der Waals surface area (Å²) in [5.41, 5.74) is 8.59. The molecule has 0 radical (unpaired) electrons. The molecule has 1 rings (SSSR count). The van der Waals surface area contributed by atoms with E-state index in [1.54, 1.807) is 0 Å². The van der Waals surface area contributed by atoms with Crippen LogP contribution in [0.2, 0.25) is 0 Å². The standard InChI is InChI=1S/C11H14N2/c1-3-9(7-12)10-4-5-11(13)8(2)6-10/h4-6,9H,3,13H2,1-2H3. The molecule has 0 aliphatic carbocycles. The summed E-state index contributed by atoms with van der Waals surface area (Å²) in [6, 6.07) is 8.06. The van der Waals surface area contributed by atoms with Crippen LogP contribution in [0.3, 0.4) is 0 Å². The highest BCUT2D eigenvalue weighted by Gasteiger charge is 2.07. The first-order valence-corrected chi connectivity index (χ1v) is 4.44. The molecule has 0 fully saturated rings. The molecule has 1 atom stereocenters. The summed E-state index contributed by atoms with van der Waals surface area (Å²) in [5, 5.41) is 8.86. The molecule has 1 aromatic carbocycles. The fourth-order valence-electron chi connectivity index (χ4n) is 1.32. The van der Waals surface area contributed by atoms with E-state index in [0.717, 1.165) is 23.2 Å². The summed E-state index contributed by atoms with van der Waals surface area (Å²) in [4.78, 5) is 0. The molecule has 68 valence electrons. The van der Waals surface area contributed by atoms with E-state index in [1.807, 2.05) is 32.0 Å². The Kier molecular flexibility index (Phi) is 2.92. The van der Waals surface area contributed by atoms with E-state index < -0.39 is 0 Å². The third-order valence-corrected chi connectivity index (χ3v) is 2.26. The van der Waals surface area contributed by atoms with Gasteiger partial charge in [-0.05, 0) is 30.5 Å². The van der Waals surface area contributed by atoms with Gasteiger partial charge < -0.3 is 5.73 Å². The molecular formula is C11H14N2. The van der Waals surface area contributed by atoms with Gasteiger partial charge >= 0.3 is 0 Å². The van der Waals surface area contributed by atoms with Gasteiger partial charge in [-0.15, -0.1) is 0 Å². The Morgan fingerprint density at radius 1 is 1.54 bits per heavy atom. The maximum Gasteiger partial charge on any atom is 0.0710 e. The van der Waals surface area contributed by atoms with E-state index in [2.05, 4.69) is 6.07 Å². The van der Waals surface area contributed by atoms with Crippen molar-refractivity contribution in [2.45, 2.75) is 26.2 Å². The van der Waals surface area contributed by atoms with Crippen LogP contribution in [0, 0.1) is 18.3 Å². The minimum atomic E-state index is -0.000648. The van der Waals surface area contributed by atoms with E-state index in [9.17, 15) is 0 Å². The molecule has 0 heterocycles. The molecular weight excluding hydrogens is 160 g/mol. The van der Waals surface area contributed by atoms with Crippen molar-refractivity contribution in [3.8, 4) is 6.07 Å². The predicted octanol–water partition coefficient (Wildman–Crippen LogP) is 2.59. The molecule has 0 spiro atoms. The lowest BCUT2D eigenvalue weighted by atomic mass is 9.96. The molecule has 0 saturated heterocycles. The Labute approximate surface area is 79.0 Å². The number of nitrogens with two attached hydrogens (primary N) is 1. The number of hydrogen-bond acceptors (Lipinski definition) is 2. The first kappa shape index (κ1) is 9.60. The van der Waals surface area contributed by atoms with E-state index in [4.69, 9.17) is 11.0 Å². The number of nitriles is 1. The molecule has 13 heavy (non-hydrogen) atoms. The van der Waals surface area contributed by atoms with Crippen molar-refractivity contribution >= 4 is 5.69 Å². The summed E-state index contributed by atoms with van der Waals surface area (Å²) in [5.74, 6) is -0.000648. The number of nitrogen functional groups attached to an aromatic ring is 1. The highest BCUT2D eigenvalue weighted by atomic mass is 14.5. The first-order valence-electron chi connectivity index (χ1n) is 4.44. The third-order valence-electron chi connectivity index (χ3n) is 2.26. The molecule has 0 aliphatic heterocycles. The van der Waals surface area contributed by atoms with Crippen molar-refractivity contribution in [1.82, 2.24) is 0 Å². The van der Waals surface area contributed by atoms with Gasteiger partial charge in [0.15, 0.2) is 0 Å². The first-order chi connectivity index (χ1) is 6.19. The maximum atomic E-state index is 8.86. The number of nitrogens with zero attached hydrogens (tertiary/aromatic N) is 1. The molecule has 2 N–H and O–H groups in total. The molecule has 2 nitrogen and oxygen atoms in total. The zero-order valence-corrected chi connectivity index (χ0v) is 8.04. The lowest BCUT2D eigenvalue weighted by molar-refractivity contribution is 0.817. The summed E-state index contributed by atoms with van der Waals surface area (Å²) in [7, 11) is 0. The van der Waals surface area contributed by atoms with Crippen LogP contribution in [-0.4, -0.2) is 0 Å². The Hall–Kier alpha value is -1.49. The largest absolute Gasteiger partial charge is 0.399 e. The number of anilines is 1. The van der Waals surface area contributed by atoms with Crippen LogP contribution in [0.4, 0.5) is 5.69 Å². The zero-order valence-electron chi connectivity index (χ0n) is 8.04. The summed E-state index contributed by atoms with van der Waals surface area (Å²) < 4.78 is 0. The van der Waals surface area contributed by atoms with Gasteiger partial charge in [0.1, 0.15) is 0 Å². The van der Waals surface area contributed by atoms with Gasteiger partial charge in [-0.3, -0.25) is 0 Å². The fraction of sp³-hybridized carbons (Fsp3) is 0.364. The molecule has 0 aliphatic rings. The van der Waals surface area contributed by atoms with Gasteiger partial charge in [-0.2, -0.15) is 5.26 Å². The van der Waals surface area contributed by atoms with Crippen molar-refractivity contribution in [2.75, 3.05) is 5.73 Å². The molecule has 0 saturated carbocycles. The highest BCUT2D eigenvalue weighted by molar-refractivity contribution is 5.48. The second-order valence-corrected chi connectivity index (χ2v) is 3.21. The SMILES string of the molecule is CCC(C#N)c1ccc(N)c(C)c1. The smallest absolute Gasteiger partial charge is 0.0710 e. The van der Waals surface area contributed by atoms with Crippen molar-refractivity contribution in [1.29, 1.82) is 5.26 Å². The predicted molar refractivity (Wildman–Crippen MR) is 54.2 cm³/mol. The van der Waals surface area contributed by atoms with Crippen molar-refractivity contribution < 1.29 is 0 Å². The number of hydrogen-bond donors (Lipinski definition) is 1. The van der Waals surface area contributed by atoms with E-state index in [-0.39, 0.29) is 5.92 Å². The number of rotatable bonds is 2. The highest BCUT2D eigenvalue weighted by Crippen LogP contribution is 2.22. The molecule has 2 heteroatoms. The summed E-state index contributed by atoms with van der Waals surface area (Å²) >= 11 is 0. The van der Waals surface area contributed by atoms with Gasteiger partial charge in [0.25, 0.3) is 0 Å². The van der Waals surface area contributed by atoms with Crippen LogP contribution in [0.25, 0.3) is 0 Å². The van der Waals surface area contributed by atoms with E-state index in [0.29, 0.717) is 0 Å². The van der Waals surface area contributed by atoms with Crippen LogP contribution in [0.15, 0.2) is 18.2 Å². The lowest BCUT2D eigenvalue weighted by Gasteiger charge is -2.08. The second kappa shape index (κ2) is 3.95. The maximum absolute atomic E-state index is 8.86. The monoisotopic (exact) mass is 174 g/mol. The Balaban J connectivity index is 3.04. The third kappa shape index (κ3) is 2.00. The molecule has 1 unspecified atom stereocenters. The topological polar surface area (TPSA) is 49.8 Å². The van der Waals surface area contributed by atoms with Crippen LogP contribution in [0.1, 0.15) is 30.4 Å². The Morgan fingerprint density at radius 2 is 2.23 bits per heavy atom. The zero-order chi connectivity index (χ0) is 9.84. The normalized spacial score (nSPS) is 12.1. The van der Waals surface area contributed by atoms with Gasteiger partial charge in [-0.25, -0.2) is 0 Å². The average Bonchev–Trinajstić information content (AvgIpc) is 2.13. The minimum absolute atomic E-state index is 0.000648. The van der Waals surface area contributed by atoms with Crippen molar-refractivity contribution in [3.63, 3.8) is 0 Å². The van der Waals surface area contributed by atoms with Gasteiger partial charge in [0.2, 0.25) is 0 Å². The second-order valence-electron chi connectivity index (χ2n) is 3.21. The fourth-order valence-corrected chi connectivity index (χ4v) is 1.32. The molecule has 0 amide bonds. The summed E-state index contributed by atoms with van der Waals surface area (Å²) in [6.45, 7) is 3.97. The Bertz CT molecular complexity index is 336. The van der Waals surface area contributed by atoms with E-state index in [1.165, 1.54) is 0 Å².